The van der Waals surface area contributed by atoms with Crippen molar-refractivity contribution in [3.05, 3.63) is 47.8 Å². The van der Waals surface area contributed by atoms with Gasteiger partial charge in [0.2, 0.25) is 0 Å². The number of benzene rings is 1. The van der Waals surface area contributed by atoms with Crippen LogP contribution in [0.2, 0.25) is 0 Å². The van der Waals surface area contributed by atoms with E-state index in [-0.39, 0.29) is 0 Å². The van der Waals surface area contributed by atoms with Crippen LogP contribution in [-0.4, -0.2) is 28.1 Å². The second-order valence-electron chi connectivity index (χ2n) is 3.78. The SMILES string of the molecule is COC(=O)/C=C/c1cn(-c2ccc(C)cc2)nn1. The molecule has 92 valence electrons. The molecule has 5 heteroatoms. The molecule has 0 fully saturated rings. The van der Waals surface area contributed by atoms with Gasteiger partial charge in [-0.05, 0) is 25.1 Å². The molecule has 0 aliphatic heterocycles. The molecule has 0 N–H and O–H groups in total. The Labute approximate surface area is 105 Å². The van der Waals surface area contributed by atoms with Crippen molar-refractivity contribution < 1.29 is 9.53 Å². The highest BCUT2D eigenvalue weighted by molar-refractivity contribution is 5.86. The van der Waals surface area contributed by atoms with E-state index in [0.29, 0.717) is 5.69 Å². The van der Waals surface area contributed by atoms with Crippen LogP contribution >= 0.6 is 0 Å². The van der Waals surface area contributed by atoms with Crippen molar-refractivity contribution in [2.45, 2.75) is 6.92 Å². The molecule has 0 saturated heterocycles. The van der Waals surface area contributed by atoms with Crippen molar-refractivity contribution >= 4 is 12.0 Å². The minimum absolute atomic E-state index is 0.417. The fourth-order valence-electron chi connectivity index (χ4n) is 1.40. The monoisotopic (exact) mass is 243 g/mol. The van der Waals surface area contributed by atoms with Crippen LogP contribution in [0, 0.1) is 6.92 Å². The molecule has 0 radical (unpaired) electrons. The van der Waals surface area contributed by atoms with E-state index in [1.807, 2.05) is 31.2 Å². The van der Waals surface area contributed by atoms with Crippen molar-refractivity contribution in [3.8, 4) is 5.69 Å². The zero-order chi connectivity index (χ0) is 13.0. The van der Waals surface area contributed by atoms with Crippen LogP contribution in [0.3, 0.4) is 0 Å². The van der Waals surface area contributed by atoms with Crippen LogP contribution in [-0.2, 0) is 9.53 Å². The molecule has 2 aromatic rings. The lowest BCUT2D eigenvalue weighted by Crippen LogP contribution is -1.94. The van der Waals surface area contributed by atoms with E-state index >= 15 is 0 Å². The molecular formula is C13H13N3O2. The fourth-order valence-corrected chi connectivity index (χ4v) is 1.40. The highest BCUT2D eigenvalue weighted by atomic mass is 16.5. The van der Waals surface area contributed by atoms with Gasteiger partial charge in [-0.25, -0.2) is 9.48 Å². The van der Waals surface area contributed by atoms with Crippen LogP contribution in [0.4, 0.5) is 0 Å². The lowest BCUT2D eigenvalue weighted by atomic mass is 10.2. The molecule has 18 heavy (non-hydrogen) atoms. The second kappa shape index (κ2) is 5.27. The van der Waals surface area contributed by atoms with Crippen molar-refractivity contribution in [2.75, 3.05) is 7.11 Å². The molecule has 0 unspecified atom stereocenters. The van der Waals surface area contributed by atoms with Crippen LogP contribution < -0.4 is 0 Å². The summed E-state index contributed by atoms with van der Waals surface area (Å²) < 4.78 is 6.15. The first-order valence-corrected chi connectivity index (χ1v) is 5.44. The lowest BCUT2D eigenvalue weighted by Gasteiger charge is -1.99. The number of hydrogen-bond acceptors (Lipinski definition) is 4. The maximum Gasteiger partial charge on any atom is 0.330 e. The maximum atomic E-state index is 10.9. The Hall–Kier alpha value is -2.43. The smallest absolute Gasteiger partial charge is 0.330 e. The molecular weight excluding hydrogens is 230 g/mol. The molecule has 0 amide bonds. The first-order chi connectivity index (χ1) is 8.69. The summed E-state index contributed by atoms with van der Waals surface area (Å²) in [5, 5.41) is 7.92. The number of aromatic nitrogens is 3. The summed E-state index contributed by atoms with van der Waals surface area (Å²) in [4.78, 5) is 10.9. The van der Waals surface area contributed by atoms with Gasteiger partial charge in [-0.1, -0.05) is 22.9 Å². The Morgan fingerprint density at radius 1 is 1.33 bits per heavy atom. The van der Waals surface area contributed by atoms with Gasteiger partial charge in [0.15, 0.2) is 0 Å². The summed E-state index contributed by atoms with van der Waals surface area (Å²) in [5.41, 5.74) is 2.71. The Balaban J connectivity index is 2.18. The number of nitrogens with zero attached hydrogens (tertiary/aromatic N) is 3. The van der Waals surface area contributed by atoms with Crippen molar-refractivity contribution in [2.24, 2.45) is 0 Å². The van der Waals surface area contributed by atoms with E-state index in [1.165, 1.54) is 18.7 Å². The van der Waals surface area contributed by atoms with Crippen molar-refractivity contribution in [1.29, 1.82) is 0 Å². The molecule has 0 saturated carbocycles. The van der Waals surface area contributed by atoms with Gasteiger partial charge in [0.25, 0.3) is 0 Å². The topological polar surface area (TPSA) is 57.0 Å². The summed E-state index contributed by atoms with van der Waals surface area (Å²) in [7, 11) is 1.33. The quantitative estimate of drug-likeness (QED) is 0.609. The Morgan fingerprint density at radius 3 is 2.72 bits per heavy atom. The molecule has 0 aliphatic rings. The van der Waals surface area contributed by atoms with Gasteiger partial charge in [0.1, 0.15) is 5.69 Å². The van der Waals surface area contributed by atoms with E-state index in [2.05, 4.69) is 15.0 Å². The van der Waals surface area contributed by atoms with Gasteiger partial charge < -0.3 is 4.74 Å². The Kier molecular flexibility index (Phi) is 3.52. The number of carbonyl (C=O) groups is 1. The molecule has 1 aromatic heterocycles. The summed E-state index contributed by atoms with van der Waals surface area (Å²) in [6.07, 6.45) is 4.61. The summed E-state index contributed by atoms with van der Waals surface area (Å²) in [5.74, 6) is -0.417. The molecule has 0 bridgehead atoms. The van der Waals surface area contributed by atoms with Crippen molar-refractivity contribution in [1.82, 2.24) is 15.0 Å². The Morgan fingerprint density at radius 2 is 2.06 bits per heavy atom. The molecule has 5 nitrogen and oxygen atoms in total. The van der Waals surface area contributed by atoms with E-state index < -0.39 is 5.97 Å². The fraction of sp³-hybridized carbons (Fsp3) is 0.154. The minimum atomic E-state index is -0.417. The third-order valence-electron chi connectivity index (χ3n) is 2.40. The van der Waals surface area contributed by atoms with E-state index in [0.717, 1.165) is 5.69 Å². The molecule has 1 aromatic carbocycles. The minimum Gasteiger partial charge on any atom is -0.466 e. The van der Waals surface area contributed by atoms with Gasteiger partial charge in [-0.3, -0.25) is 0 Å². The predicted molar refractivity (Wildman–Crippen MR) is 67.1 cm³/mol. The third-order valence-corrected chi connectivity index (χ3v) is 2.40. The van der Waals surface area contributed by atoms with Crippen LogP contribution in [0.25, 0.3) is 11.8 Å². The van der Waals surface area contributed by atoms with Gasteiger partial charge in [-0.15, -0.1) is 5.10 Å². The van der Waals surface area contributed by atoms with Gasteiger partial charge in [-0.2, -0.15) is 0 Å². The average Bonchev–Trinajstić information content (AvgIpc) is 2.85. The lowest BCUT2D eigenvalue weighted by molar-refractivity contribution is -0.134. The predicted octanol–water partition coefficient (Wildman–Crippen LogP) is 1.76. The molecule has 0 aliphatic carbocycles. The van der Waals surface area contributed by atoms with E-state index in [1.54, 1.807) is 17.0 Å². The summed E-state index contributed by atoms with van der Waals surface area (Å²) >= 11 is 0. The highest BCUT2D eigenvalue weighted by Gasteiger charge is 2.00. The number of rotatable bonds is 3. The van der Waals surface area contributed by atoms with Crippen molar-refractivity contribution in [3.63, 3.8) is 0 Å². The highest BCUT2D eigenvalue weighted by Crippen LogP contribution is 2.08. The molecule has 1 heterocycles. The zero-order valence-corrected chi connectivity index (χ0v) is 10.2. The maximum absolute atomic E-state index is 10.9. The van der Waals surface area contributed by atoms with E-state index in [9.17, 15) is 4.79 Å². The normalized spacial score (nSPS) is 10.8. The molecule has 0 spiro atoms. The van der Waals surface area contributed by atoms with Crippen LogP contribution in [0.5, 0.6) is 0 Å². The largest absolute Gasteiger partial charge is 0.466 e. The third kappa shape index (κ3) is 2.82. The number of carbonyl (C=O) groups excluding carboxylic acids is 1. The number of aryl methyl sites for hydroxylation is 1. The number of hydrogen-bond donors (Lipinski definition) is 0. The van der Waals surface area contributed by atoms with Crippen LogP contribution in [0.1, 0.15) is 11.3 Å². The van der Waals surface area contributed by atoms with Gasteiger partial charge >= 0.3 is 5.97 Å². The molecule has 2 rings (SSSR count). The van der Waals surface area contributed by atoms with Crippen LogP contribution in [0.15, 0.2) is 36.5 Å². The average molecular weight is 243 g/mol. The first-order valence-electron chi connectivity index (χ1n) is 5.44. The number of methoxy groups -OCH3 is 1. The van der Waals surface area contributed by atoms with E-state index in [4.69, 9.17) is 0 Å². The second-order valence-corrected chi connectivity index (χ2v) is 3.78. The zero-order valence-electron chi connectivity index (χ0n) is 10.2. The first kappa shape index (κ1) is 12.0. The standard InChI is InChI=1S/C13H13N3O2/c1-10-3-6-12(7-4-10)16-9-11(14-15-16)5-8-13(17)18-2/h3-9H,1-2H3/b8-5+. The van der Waals surface area contributed by atoms with Gasteiger partial charge in [0, 0.05) is 6.08 Å². The Bertz CT molecular complexity index is 570. The summed E-state index contributed by atoms with van der Waals surface area (Å²) in [6.45, 7) is 2.02. The number of ether oxygens (including phenoxy) is 1. The number of esters is 1. The van der Waals surface area contributed by atoms with Gasteiger partial charge in [0.05, 0.1) is 19.0 Å². The summed E-state index contributed by atoms with van der Waals surface area (Å²) in [6, 6.07) is 7.91. The molecule has 0 atom stereocenters.